The summed E-state index contributed by atoms with van der Waals surface area (Å²) in [5, 5.41) is 10.9. The summed E-state index contributed by atoms with van der Waals surface area (Å²) in [6, 6.07) is 7.93. The van der Waals surface area contributed by atoms with Crippen LogP contribution in [-0.2, 0) is 5.60 Å². The molecule has 3 nitrogen and oxygen atoms in total. The fourth-order valence-corrected chi connectivity index (χ4v) is 2.23. The first-order valence-electron chi connectivity index (χ1n) is 6.19. The molecule has 0 amide bonds. The third-order valence-electron chi connectivity index (χ3n) is 3.33. The van der Waals surface area contributed by atoms with Gasteiger partial charge in [0.05, 0.1) is 0 Å². The lowest BCUT2D eigenvalue weighted by Crippen LogP contribution is -2.29. The molecule has 4 heteroatoms. The Morgan fingerprint density at radius 2 is 2.00 bits per heavy atom. The number of pyridine rings is 1. The molecule has 0 aliphatic heterocycles. The molecule has 1 atom stereocenters. The van der Waals surface area contributed by atoms with Crippen LogP contribution >= 0.6 is 0 Å². The second kappa shape index (κ2) is 4.97. The average molecular weight is 260 g/mol. The molecular weight excluding hydrogens is 243 g/mol. The van der Waals surface area contributed by atoms with Gasteiger partial charge < -0.3 is 10.8 Å². The van der Waals surface area contributed by atoms with Crippen LogP contribution in [0.2, 0.25) is 0 Å². The van der Waals surface area contributed by atoms with E-state index in [1.807, 2.05) is 6.92 Å². The van der Waals surface area contributed by atoms with Crippen LogP contribution in [0.15, 0.2) is 36.5 Å². The number of aliphatic hydroxyl groups is 1. The normalized spacial score (nSPS) is 14.1. The molecule has 0 spiro atoms. The number of hydrogen-bond acceptors (Lipinski definition) is 3. The Morgan fingerprint density at radius 1 is 1.32 bits per heavy atom. The quantitative estimate of drug-likeness (QED) is 0.892. The van der Waals surface area contributed by atoms with Crippen LogP contribution in [0, 0.1) is 12.7 Å². The number of benzene rings is 1. The van der Waals surface area contributed by atoms with E-state index in [-0.39, 0.29) is 11.4 Å². The Morgan fingerprint density at radius 3 is 2.63 bits per heavy atom. The van der Waals surface area contributed by atoms with Crippen molar-refractivity contribution in [1.29, 1.82) is 0 Å². The van der Waals surface area contributed by atoms with Crippen LogP contribution in [0.3, 0.4) is 0 Å². The van der Waals surface area contributed by atoms with E-state index in [2.05, 4.69) is 4.98 Å². The van der Waals surface area contributed by atoms with Crippen molar-refractivity contribution < 1.29 is 9.50 Å². The van der Waals surface area contributed by atoms with Crippen molar-refractivity contribution in [1.82, 2.24) is 4.98 Å². The molecule has 2 rings (SSSR count). The van der Waals surface area contributed by atoms with E-state index in [1.165, 1.54) is 6.07 Å². The highest BCUT2D eigenvalue weighted by atomic mass is 19.1. The molecule has 0 radical (unpaired) electrons. The molecule has 3 N–H and O–H groups in total. The molecule has 0 aliphatic carbocycles. The number of rotatable bonds is 3. The van der Waals surface area contributed by atoms with E-state index in [4.69, 9.17) is 5.73 Å². The second-order valence-electron chi connectivity index (χ2n) is 4.64. The summed E-state index contributed by atoms with van der Waals surface area (Å²) in [5.41, 5.74) is 5.91. The van der Waals surface area contributed by atoms with Crippen molar-refractivity contribution >= 4 is 5.82 Å². The molecule has 0 aliphatic rings. The lowest BCUT2D eigenvalue weighted by atomic mass is 9.83. The van der Waals surface area contributed by atoms with Gasteiger partial charge in [0.2, 0.25) is 0 Å². The summed E-state index contributed by atoms with van der Waals surface area (Å²) in [5.74, 6) is -0.231. The fourth-order valence-electron chi connectivity index (χ4n) is 2.23. The van der Waals surface area contributed by atoms with Crippen molar-refractivity contribution in [2.45, 2.75) is 25.9 Å². The lowest BCUT2D eigenvalue weighted by Gasteiger charge is -2.29. The molecule has 0 bridgehead atoms. The van der Waals surface area contributed by atoms with Gasteiger partial charge in [0.25, 0.3) is 0 Å². The molecule has 19 heavy (non-hydrogen) atoms. The number of nitrogen functional groups attached to an aromatic ring is 1. The first-order valence-corrected chi connectivity index (χ1v) is 6.19. The molecule has 1 heterocycles. The Labute approximate surface area is 111 Å². The maximum atomic E-state index is 14.0. The maximum Gasteiger partial charge on any atom is 0.129 e. The van der Waals surface area contributed by atoms with Gasteiger partial charge in [0, 0.05) is 17.3 Å². The largest absolute Gasteiger partial charge is 0.383 e. The molecule has 100 valence electrons. The smallest absolute Gasteiger partial charge is 0.129 e. The summed E-state index contributed by atoms with van der Waals surface area (Å²) in [6.07, 6.45) is 1.93. The molecule has 1 unspecified atom stereocenters. The Kier molecular flexibility index (Phi) is 3.53. The Hall–Kier alpha value is -1.94. The SMILES string of the molecule is CCC(O)(c1ccccc1F)c1cc(C)cnc1N. The molecule has 2 aromatic rings. The molecule has 1 aromatic carbocycles. The van der Waals surface area contributed by atoms with Crippen LogP contribution < -0.4 is 5.73 Å². The average Bonchev–Trinajstić information content (AvgIpc) is 2.41. The van der Waals surface area contributed by atoms with Gasteiger partial charge in [-0.15, -0.1) is 0 Å². The second-order valence-corrected chi connectivity index (χ2v) is 4.64. The zero-order valence-electron chi connectivity index (χ0n) is 11.0. The highest BCUT2D eigenvalue weighted by molar-refractivity contribution is 5.49. The van der Waals surface area contributed by atoms with Gasteiger partial charge in [-0.25, -0.2) is 9.37 Å². The van der Waals surface area contributed by atoms with E-state index in [1.54, 1.807) is 37.4 Å². The zero-order chi connectivity index (χ0) is 14.0. The van der Waals surface area contributed by atoms with Gasteiger partial charge in [0.1, 0.15) is 17.2 Å². The number of anilines is 1. The van der Waals surface area contributed by atoms with Crippen LogP contribution in [0.4, 0.5) is 10.2 Å². The van der Waals surface area contributed by atoms with E-state index >= 15 is 0 Å². The number of aryl methyl sites for hydroxylation is 1. The number of nitrogens with two attached hydrogens (primary N) is 1. The van der Waals surface area contributed by atoms with Gasteiger partial charge in [-0.2, -0.15) is 0 Å². The first kappa shape index (κ1) is 13.5. The highest BCUT2D eigenvalue weighted by Gasteiger charge is 2.34. The van der Waals surface area contributed by atoms with Crippen LogP contribution in [0.1, 0.15) is 30.0 Å². The maximum absolute atomic E-state index is 14.0. The number of hydrogen-bond donors (Lipinski definition) is 2. The summed E-state index contributed by atoms with van der Waals surface area (Å²) in [6.45, 7) is 3.64. The van der Waals surface area contributed by atoms with E-state index < -0.39 is 11.4 Å². The third-order valence-corrected chi connectivity index (χ3v) is 3.33. The van der Waals surface area contributed by atoms with Crippen molar-refractivity contribution in [3.63, 3.8) is 0 Å². The number of halogens is 1. The summed E-state index contributed by atoms with van der Waals surface area (Å²) in [4.78, 5) is 4.04. The molecule has 0 saturated carbocycles. The Bertz CT molecular complexity index is 600. The molecular formula is C15H17FN2O. The Balaban J connectivity index is 2.66. The van der Waals surface area contributed by atoms with Gasteiger partial charge in [-0.3, -0.25) is 0 Å². The van der Waals surface area contributed by atoms with Gasteiger partial charge in [-0.05, 0) is 31.0 Å². The summed E-state index contributed by atoms with van der Waals surface area (Å²) < 4.78 is 14.0. The van der Waals surface area contributed by atoms with E-state index in [0.717, 1.165) is 5.56 Å². The lowest BCUT2D eigenvalue weighted by molar-refractivity contribution is 0.0730. The molecule has 0 fully saturated rings. The number of nitrogens with zero attached hydrogens (tertiary/aromatic N) is 1. The van der Waals surface area contributed by atoms with Crippen molar-refractivity contribution in [2.24, 2.45) is 0 Å². The predicted molar refractivity (Wildman–Crippen MR) is 73.1 cm³/mol. The van der Waals surface area contributed by atoms with Gasteiger partial charge in [-0.1, -0.05) is 25.1 Å². The van der Waals surface area contributed by atoms with Gasteiger partial charge in [0.15, 0.2) is 0 Å². The fraction of sp³-hybridized carbons (Fsp3) is 0.267. The van der Waals surface area contributed by atoms with Crippen LogP contribution in [0.25, 0.3) is 0 Å². The minimum atomic E-state index is -1.46. The van der Waals surface area contributed by atoms with Gasteiger partial charge >= 0.3 is 0 Å². The van der Waals surface area contributed by atoms with E-state index in [0.29, 0.717) is 12.0 Å². The molecule has 0 saturated heterocycles. The number of aromatic nitrogens is 1. The third kappa shape index (κ3) is 2.31. The van der Waals surface area contributed by atoms with Crippen molar-refractivity contribution in [2.75, 3.05) is 5.73 Å². The highest BCUT2D eigenvalue weighted by Crippen LogP contribution is 2.36. The first-order chi connectivity index (χ1) is 8.99. The van der Waals surface area contributed by atoms with Crippen LogP contribution in [-0.4, -0.2) is 10.1 Å². The van der Waals surface area contributed by atoms with E-state index in [9.17, 15) is 9.50 Å². The zero-order valence-corrected chi connectivity index (χ0v) is 11.0. The summed E-state index contributed by atoms with van der Waals surface area (Å²) >= 11 is 0. The monoisotopic (exact) mass is 260 g/mol. The summed E-state index contributed by atoms with van der Waals surface area (Å²) in [7, 11) is 0. The molecule has 1 aromatic heterocycles. The van der Waals surface area contributed by atoms with Crippen molar-refractivity contribution in [3.05, 3.63) is 59.0 Å². The minimum Gasteiger partial charge on any atom is -0.383 e. The predicted octanol–water partition coefficient (Wildman–Crippen LogP) is 2.76. The topological polar surface area (TPSA) is 59.1 Å². The minimum absolute atomic E-state index is 0.219. The van der Waals surface area contributed by atoms with Crippen molar-refractivity contribution in [3.8, 4) is 0 Å². The standard InChI is InChI=1S/C15H17FN2O/c1-3-15(19,11-6-4-5-7-13(11)16)12-8-10(2)9-18-14(12)17/h4-9,19H,3H2,1-2H3,(H2,17,18). The van der Waals surface area contributed by atoms with Crippen LogP contribution in [0.5, 0.6) is 0 Å².